The number of alkyl halides is 2. The molecule has 0 bridgehead atoms. The van der Waals surface area contributed by atoms with Crippen LogP contribution in [0.25, 0.3) is 22.0 Å². The van der Waals surface area contributed by atoms with Gasteiger partial charge >= 0.3 is 6.09 Å². The van der Waals surface area contributed by atoms with Gasteiger partial charge < -0.3 is 19.9 Å². The predicted molar refractivity (Wildman–Crippen MR) is 142 cm³/mol. The number of hydrogen-bond donors (Lipinski definition) is 1. The van der Waals surface area contributed by atoms with Crippen molar-refractivity contribution in [2.24, 2.45) is 5.92 Å². The number of benzene rings is 1. The molecule has 1 atom stereocenters. The molecule has 1 saturated carbocycles. The van der Waals surface area contributed by atoms with E-state index in [9.17, 15) is 18.4 Å². The average molecular weight is 539 g/mol. The standard InChI is InChI=1S/C28H32F2N6O3/c1-18-17-35(13-14-36(18)26(37)21-7-10-28(29,30)11-8-21)25-23-16-31-12-9-22(23)24(33-34-25)20-5-3-19(4-6-20)15-32-27(38)39-2/h3-6,9,12,16,18,21H,7-8,10-11,13-15,17H2,1-2H3,(H,32,38)/t18-/m0/s1. The number of pyridine rings is 1. The Morgan fingerprint density at radius 3 is 2.51 bits per heavy atom. The molecular formula is C28H32F2N6O3. The summed E-state index contributed by atoms with van der Waals surface area (Å²) in [6, 6.07) is 9.53. The Morgan fingerprint density at radius 2 is 1.82 bits per heavy atom. The molecule has 0 spiro atoms. The van der Waals surface area contributed by atoms with Gasteiger partial charge in [-0.25, -0.2) is 13.6 Å². The molecule has 5 rings (SSSR count). The number of nitrogens with zero attached hydrogens (tertiary/aromatic N) is 5. The Hall–Kier alpha value is -3.89. The summed E-state index contributed by atoms with van der Waals surface area (Å²) < 4.78 is 31.8. The van der Waals surface area contributed by atoms with Gasteiger partial charge in [0, 0.05) is 79.7 Å². The van der Waals surface area contributed by atoms with E-state index in [-0.39, 0.29) is 43.6 Å². The first kappa shape index (κ1) is 26.7. The molecule has 11 heteroatoms. The maximum atomic E-state index is 13.6. The van der Waals surface area contributed by atoms with E-state index in [0.717, 1.165) is 27.6 Å². The molecule has 1 aliphatic heterocycles. The summed E-state index contributed by atoms with van der Waals surface area (Å²) in [5.74, 6) is -2.29. The molecule has 3 heterocycles. The Balaban J connectivity index is 1.31. The van der Waals surface area contributed by atoms with Gasteiger partial charge in [-0.05, 0) is 31.4 Å². The third-order valence-corrected chi connectivity index (χ3v) is 7.69. The number of anilines is 1. The number of carbonyl (C=O) groups is 2. The number of amides is 2. The van der Waals surface area contributed by atoms with Gasteiger partial charge in [0.2, 0.25) is 11.8 Å². The van der Waals surface area contributed by atoms with Crippen molar-refractivity contribution in [3.63, 3.8) is 0 Å². The second-order valence-electron chi connectivity index (χ2n) is 10.3. The van der Waals surface area contributed by atoms with Gasteiger partial charge in [0.25, 0.3) is 0 Å². The highest BCUT2D eigenvalue weighted by Gasteiger charge is 2.40. The SMILES string of the molecule is COC(=O)NCc1ccc(-c2nnc(N3CCN(C(=O)C4CCC(F)(F)CC4)[C@@H](C)C3)c3cnccc23)cc1. The normalized spacial score (nSPS) is 19.6. The van der Waals surface area contributed by atoms with Gasteiger partial charge in [0.1, 0.15) is 5.69 Å². The van der Waals surface area contributed by atoms with Crippen LogP contribution < -0.4 is 10.2 Å². The number of alkyl carbamates (subject to hydrolysis) is 1. The van der Waals surface area contributed by atoms with Crippen LogP contribution in [0.15, 0.2) is 42.7 Å². The van der Waals surface area contributed by atoms with Crippen molar-refractivity contribution >= 4 is 28.6 Å². The second kappa shape index (κ2) is 11.1. The van der Waals surface area contributed by atoms with E-state index in [1.54, 1.807) is 12.4 Å². The molecule has 1 saturated heterocycles. The van der Waals surface area contributed by atoms with E-state index in [0.29, 0.717) is 32.0 Å². The van der Waals surface area contributed by atoms with Crippen LogP contribution in [-0.2, 0) is 16.1 Å². The Kier molecular flexibility index (Phi) is 7.58. The zero-order valence-electron chi connectivity index (χ0n) is 22.1. The second-order valence-corrected chi connectivity index (χ2v) is 10.3. The summed E-state index contributed by atoms with van der Waals surface area (Å²) >= 11 is 0. The molecule has 9 nitrogen and oxygen atoms in total. The maximum absolute atomic E-state index is 13.6. The van der Waals surface area contributed by atoms with Crippen molar-refractivity contribution < 1.29 is 23.1 Å². The highest BCUT2D eigenvalue weighted by molar-refractivity contribution is 5.99. The lowest BCUT2D eigenvalue weighted by molar-refractivity contribution is -0.142. The van der Waals surface area contributed by atoms with Gasteiger partial charge in [-0.15, -0.1) is 10.2 Å². The van der Waals surface area contributed by atoms with Crippen LogP contribution >= 0.6 is 0 Å². The van der Waals surface area contributed by atoms with Crippen molar-refractivity contribution in [2.45, 2.75) is 51.1 Å². The van der Waals surface area contributed by atoms with Crippen molar-refractivity contribution in [3.05, 3.63) is 48.3 Å². The molecule has 2 fully saturated rings. The zero-order chi connectivity index (χ0) is 27.6. The van der Waals surface area contributed by atoms with E-state index in [1.165, 1.54) is 7.11 Å². The number of hydrogen-bond acceptors (Lipinski definition) is 7. The van der Waals surface area contributed by atoms with Crippen LogP contribution in [0.3, 0.4) is 0 Å². The van der Waals surface area contributed by atoms with Crippen LogP contribution in [0, 0.1) is 5.92 Å². The molecule has 0 unspecified atom stereocenters. The van der Waals surface area contributed by atoms with Gasteiger partial charge in [0.05, 0.1) is 7.11 Å². The highest BCUT2D eigenvalue weighted by Crippen LogP contribution is 2.38. The minimum absolute atomic E-state index is 0.0177. The number of methoxy groups -OCH3 is 1. The summed E-state index contributed by atoms with van der Waals surface area (Å²) in [7, 11) is 1.32. The molecular weight excluding hydrogens is 506 g/mol. The van der Waals surface area contributed by atoms with E-state index < -0.39 is 12.0 Å². The average Bonchev–Trinajstić information content (AvgIpc) is 2.95. The molecule has 0 radical (unpaired) electrons. The third-order valence-electron chi connectivity index (χ3n) is 7.69. The minimum Gasteiger partial charge on any atom is -0.453 e. The van der Waals surface area contributed by atoms with Crippen molar-refractivity contribution in [3.8, 4) is 11.3 Å². The lowest BCUT2D eigenvalue weighted by Gasteiger charge is -2.42. The molecule has 2 aliphatic rings. The van der Waals surface area contributed by atoms with E-state index in [2.05, 4.69) is 30.1 Å². The number of rotatable bonds is 5. The molecule has 1 N–H and O–H groups in total. The molecule has 2 amide bonds. The first-order valence-electron chi connectivity index (χ1n) is 13.2. The van der Waals surface area contributed by atoms with Gasteiger partial charge in [-0.2, -0.15) is 0 Å². The monoisotopic (exact) mass is 538 g/mol. The first-order chi connectivity index (χ1) is 18.8. The summed E-state index contributed by atoms with van der Waals surface area (Å²) in [5.41, 5.74) is 2.52. The topological polar surface area (TPSA) is 101 Å². The fraction of sp³-hybridized carbons (Fsp3) is 0.464. The van der Waals surface area contributed by atoms with Gasteiger partial charge in [-0.3, -0.25) is 9.78 Å². The number of fused-ring (bicyclic) bond motifs is 1. The lowest BCUT2D eigenvalue weighted by Crippen LogP contribution is -2.56. The van der Waals surface area contributed by atoms with Crippen molar-refractivity contribution in [1.29, 1.82) is 0 Å². The summed E-state index contributed by atoms with van der Waals surface area (Å²) in [5, 5.41) is 13.6. The molecule has 1 aliphatic carbocycles. The van der Waals surface area contributed by atoms with Crippen LogP contribution in [0.4, 0.5) is 19.4 Å². The summed E-state index contributed by atoms with van der Waals surface area (Å²) in [6.07, 6.45) is 3.06. The van der Waals surface area contributed by atoms with Crippen LogP contribution in [0.5, 0.6) is 0 Å². The van der Waals surface area contributed by atoms with Crippen LogP contribution in [-0.4, -0.2) is 70.8 Å². The number of piperazine rings is 1. The number of carbonyl (C=O) groups excluding carboxylic acids is 2. The molecule has 206 valence electrons. The van der Waals surface area contributed by atoms with Crippen molar-refractivity contribution in [2.75, 3.05) is 31.6 Å². The summed E-state index contributed by atoms with van der Waals surface area (Å²) in [6.45, 7) is 3.97. The van der Waals surface area contributed by atoms with Crippen LogP contribution in [0.1, 0.15) is 38.2 Å². The Labute approximate surface area is 225 Å². The Morgan fingerprint density at radius 1 is 1.08 bits per heavy atom. The molecule has 3 aromatic rings. The minimum atomic E-state index is -2.65. The van der Waals surface area contributed by atoms with Crippen molar-refractivity contribution in [1.82, 2.24) is 25.4 Å². The number of aromatic nitrogens is 3. The zero-order valence-corrected chi connectivity index (χ0v) is 22.1. The smallest absolute Gasteiger partial charge is 0.407 e. The summed E-state index contributed by atoms with van der Waals surface area (Å²) in [4.78, 5) is 32.8. The lowest BCUT2D eigenvalue weighted by atomic mass is 9.85. The quantitative estimate of drug-likeness (QED) is 0.514. The fourth-order valence-electron chi connectivity index (χ4n) is 5.46. The largest absolute Gasteiger partial charge is 0.453 e. The predicted octanol–water partition coefficient (Wildman–Crippen LogP) is 4.41. The maximum Gasteiger partial charge on any atom is 0.407 e. The first-order valence-corrected chi connectivity index (χ1v) is 13.2. The third kappa shape index (κ3) is 5.76. The number of nitrogens with one attached hydrogen (secondary N) is 1. The number of ether oxygens (including phenoxy) is 1. The molecule has 2 aromatic heterocycles. The fourth-order valence-corrected chi connectivity index (χ4v) is 5.46. The number of halogens is 2. The highest BCUT2D eigenvalue weighted by atomic mass is 19.3. The van der Waals surface area contributed by atoms with Gasteiger partial charge in [0.15, 0.2) is 5.82 Å². The van der Waals surface area contributed by atoms with Crippen LogP contribution in [0.2, 0.25) is 0 Å². The van der Waals surface area contributed by atoms with E-state index >= 15 is 0 Å². The Bertz CT molecular complexity index is 1340. The molecule has 1 aromatic carbocycles. The molecule has 39 heavy (non-hydrogen) atoms. The van der Waals surface area contributed by atoms with E-state index in [4.69, 9.17) is 0 Å². The van der Waals surface area contributed by atoms with E-state index in [1.807, 2.05) is 42.2 Å². The van der Waals surface area contributed by atoms with Gasteiger partial charge in [-0.1, -0.05) is 24.3 Å².